The smallest absolute Gasteiger partial charge is 0.324 e. The lowest BCUT2D eigenvalue weighted by Gasteiger charge is -2.20. The van der Waals surface area contributed by atoms with Gasteiger partial charge in [-0.15, -0.1) is 11.8 Å². The van der Waals surface area contributed by atoms with Crippen LogP contribution in [0.2, 0.25) is 0 Å². The highest BCUT2D eigenvalue weighted by Crippen LogP contribution is 2.29. The van der Waals surface area contributed by atoms with Crippen molar-refractivity contribution >= 4 is 17.7 Å². The molecule has 3 nitrogen and oxygen atoms in total. The highest BCUT2D eigenvalue weighted by atomic mass is 32.2. The Labute approximate surface area is 96.3 Å². The van der Waals surface area contributed by atoms with Gasteiger partial charge in [0, 0.05) is 5.75 Å². The van der Waals surface area contributed by atoms with Crippen molar-refractivity contribution in [1.29, 1.82) is 0 Å². The first-order chi connectivity index (χ1) is 7.22. The average Bonchev–Trinajstić information content (AvgIpc) is 2.69. The second-order valence-electron chi connectivity index (χ2n) is 3.80. The molecule has 0 unspecified atom stereocenters. The molecule has 1 rings (SSSR count). The fraction of sp³-hybridized carbons (Fsp3) is 0.909. The van der Waals surface area contributed by atoms with Gasteiger partial charge in [-0.25, -0.2) is 0 Å². The van der Waals surface area contributed by atoms with Crippen LogP contribution in [-0.4, -0.2) is 29.7 Å². The Bertz CT molecular complexity index is 207. The molecular weight excluding hydrogens is 210 g/mol. The number of rotatable bonds is 5. The van der Waals surface area contributed by atoms with E-state index in [0.717, 1.165) is 18.6 Å². The van der Waals surface area contributed by atoms with Gasteiger partial charge in [-0.2, -0.15) is 0 Å². The summed E-state index contributed by atoms with van der Waals surface area (Å²) >= 11 is 1.85. The Hall–Kier alpha value is -0.220. The van der Waals surface area contributed by atoms with E-state index in [1.54, 1.807) is 0 Å². The lowest BCUT2D eigenvalue weighted by molar-refractivity contribution is -0.144. The van der Waals surface area contributed by atoms with Crippen LogP contribution < -0.4 is 5.32 Å². The van der Waals surface area contributed by atoms with Gasteiger partial charge in [-0.3, -0.25) is 10.1 Å². The summed E-state index contributed by atoms with van der Waals surface area (Å²) < 4.78 is 5.01. The summed E-state index contributed by atoms with van der Waals surface area (Å²) in [6.45, 7) is 6.72. The SMILES string of the molecule is CCOC(=O)[C@H]1CS[C@H](C(CC)CC)N1. The fourth-order valence-corrected chi connectivity index (χ4v) is 3.41. The first-order valence-electron chi connectivity index (χ1n) is 5.77. The monoisotopic (exact) mass is 231 g/mol. The first-order valence-corrected chi connectivity index (χ1v) is 6.82. The summed E-state index contributed by atoms with van der Waals surface area (Å²) in [5.74, 6) is 1.41. The maximum absolute atomic E-state index is 11.5. The first kappa shape index (κ1) is 12.8. The van der Waals surface area contributed by atoms with E-state index >= 15 is 0 Å². The third kappa shape index (κ3) is 3.38. The van der Waals surface area contributed by atoms with E-state index in [4.69, 9.17) is 4.74 Å². The number of esters is 1. The number of thioether (sulfide) groups is 1. The molecule has 1 N–H and O–H groups in total. The lowest BCUT2D eigenvalue weighted by Crippen LogP contribution is -2.40. The molecule has 1 aliphatic heterocycles. The number of hydrogen-bond acceptors (Lipinski definition) is 4. The fourth-order valence-electron chi connectivity index (χ4n) is 1.86. The number of carbonyl (C=O) groups is 1. The summed E-state index contributed by atoms with van der Waals surface area (Å²) in [5, 5.41) is 3.79. The van der Waals surface area contributed by atoms with Crippen LogP contribution in [0.5, 0.6) is 0 Å². The molecule has 4 heteroatoms. The van der Waals surface area contributed by atoms with Crippen LogP contribution in [-0.2, 0) is 9.53 Å². The second kappa shape index (κ2) is 6.38. The van der Waals surface area contributed by atoms with Gasteiger partial charge < -0.3 is 4.74 Å². The summed E-state index contributed by atoms with van der Waals surface area (Å²) in [7, 11) is 0. The highest BCUT2D eigenvalue weighted by molar-refractivity contribution is 8.00. The van der Waals surface area contributed by atoms with Gasteiger partial charge in [-0.1, -0.05) is 26.7 Å². The number of hydrogen-bond donors (Lipinski definition) is 1. The predicted octanol–water partition coefficient (Wildman–Crippen LogP) is 2.02. The van der Waals surface area contributed by atoms with Gasteiger partial charge in [-0.05, 0) is 12.8 Å². The van der Waals surface area contributed by atoms with Crippen molar-refractivity contribution in [2.24, 2.45) is 5.92 Å². The highest BCUT2D eigenvalue weighted by Gasteiger charge is 2.33. The molecule has 88 valence electrons. The van der Waals surface area contributed by atoms with Crippen molar-refractivity contribution in [3.63, 3.8) is 0 Å². The molecule has 0 radical (unpaired) electrons. The Morgan fingerprint density at radius 3 is 2.67 bits per heavy atom. The number of carbonyl (C=O) groups excluding carboxylic acids is 1. The van der Waals surface area contributed by atoms with Gasteiger partial charge in [0.05, 0.1) is 12.0 Å². The summed E-state index contributed by atoms with van der Waals surface area (Å²) in [6, 6.07) is -0.0967. The van der Waals surface area contributed by atoms with Gasteiger partial charge in [0.1, 0.15) is 6.04 Å². The summed E-state index contributed by atoms with van der Waals surface area (Å²) in [5.41, 5.74) is 0. The molecular formula is C11H21NO2S. The molecule has 0 aliphatic carbocycles. The Morgan fingerprint density at radius 2 is 2.13 bits per heavy atom. The third-order valence-electron chi connectivity index (χ3n) is 2.86. The van der Waals surface area contributed by atoms with E-state index < -0.39 is 0 Å². The summed E-state index contributed by atoms with van der Waals surface area (Å²) in [6.07, 6.45) is 2.33. The molecule has 0 aromatic rings. The normalized spacial score (nSPS) is 25.9. The van der Waals surface area contributed by atoms with Gasteiger partial charge >= 0.3 is 5.97 Å². The van der Waals surface area contributed by atoms with Crippen molar-refractivity contribution in [2.45, 2.75) is 45.0 Å². The minimum Gasteiger partial charge on any atom is -0.465 e. The van der Waals surface area contributed by atoms with Crippen LogP contribution in [0.1, 0.15) is 33.6 Å². The molecule has 1 saturated heterocycles. The van der Waals surface area contributed by atoms with Crippen molar-refractivity contribution in [3.8, 4) is 0 Å². The van der Waals surface area contributed by atoms with Gasteiger partial charge in [0.2, 0.25) is 0 Å². The second-order valence-corrected chi connectivity index (χ2v) is 4.98. The Balaban J connectivity index is 2.41. The molecule has 1 fully saturated rings. The van der Waals surface area contributed by atoms with E-state index in [9.17, 15) is 4.79 Å². The molecule has 0 aromatic carbocycles. The van der Waals surface area contributed by atoms with Crippen LogP contribution >= 0.6 is 11.8 Å². The zero-order valence-electron chi connectivity index (χ0n) is 9.79. The Kier molecular flexibility index (Phi) is 5.47. The molecule has 0 aromatic heterocycles. The van der Waals surface area contributed by atoms with Gasteiger partial charge in [0.25, 0.3) is 0 Å². The van der Waals surface area contributed by atoms with E-state index in [-0.39, 0.29) is 12.0 Å². The minimum absolute atomic E-state index is 0.0967. The van der Waals surface area contributed by atoms with Crippen LogP contribution in [0.15, 0.2) is 0 Å². The quantitative estimate of drug-likeness (QED) is 0.735. The van der Waals surface area contributed by atoms with Crippen molar-refractivity contribution < 1.29 is 9.53 Å². The van der Waals surface area contributed by atoms with Crippen LogP contribution in [0.4, 0.5) is 0 Å². The number of nitrogens with one attached hydrogen (secondary N) is 1. The lowest BCUT2D eigenvalue weighted by atomic mass is 10.0. The zero-order chi connectivity index (χ0) is 11.3. The largest absolute Gasteiger partial charge is 0.465 e. The van der Waals surface area contributed by atoms with Gasteiger partial charge in [0.15, 0.2) is 0 Å². The standard InChI is InChI=1S/C11H21NO2S/c1-4-8(5-2)10-12-9(7-15-10)11(13)14-6-3/h8-10,12H,4-7H2,1-3H3/t9-,10-/m1/s1. The van der Waals surface area contributed by atoms with E-state index in [0.29, 0.717) is 17.9 Å². The molecule has 0 spiro atoms. The van der Waals surface area contributed by atoms with Crippen molar-refractivity contribution in [1.82, 2.24) is 5.32 Å². The van der Waals surface area contributed by atoms with Crippen LogP contribution in [0.25, 0.3) is 0 Å². The molecule has 0 amide bonds. The van der Waals surface area contributed by atoms with Crippen molar-refractivity contribution in [3.05, 3.63) is 0 Å². The predicted molar refractivity (Wildman–Crippen MR) is 63.9 cm³/mol. The zero-order valence-corrected chi connectivity index (χ0v) is 10.6. The van der Waals surface area contributed by atoms with Crippen LogP contribution in [0.3, 0.4) is 0 Å². The summed E-state index contributed by atoms with van der Waals surface area (Å²) in [4.78, 5) is 11.5. The molecule has 15 heavy (non-hydrogen) atoms. The maximum Gasteiger partial charge on any atom is 0.324 e. The molecule has 0 saturated carbocycles. The molecule has 1 aliphatic rings. The minimum atomic E-state index is -0.0987. The van der Waals surface area contributed by atoms with Crippen LogP contribution in [0, 0.1) is 5.92 Å². The molecule has 1 heterocycles. The van der Waals surface area contributed by atoms with E-state index in [1.165, 1.54) is 0 Å². The third-order valence-corrected chi connectivity index (χ3v) is 4.26. The number of ether oxygens (including phenoxy) is 1. The maximum atomic E-state index is 11.5. The molecule has 2 atom stereocenters. The average molecular weight is 231 g/mol. The van der Waals surface area contributed by atoms with E-state index in [1.807, 2.05) is 18.7 Å². The van der Waals surface area contributed by atoms with Crippen molar-refractivity contribution in [2.75, 3.05) is 12.4 Å². The topological polar surface area (TPSA) is 38.3 Å². The Morgan fingerprint density at radius 1 is 1.47 bits per heavy atom. The molecule has 0 bridgehead atoms. The van der Waals surface area contributed by atoms with E-state index in [2.05, 4.69) is 19.2 Å².